The monoisotopic (exact) mass is 468 g/mol. The van der Waals surface area contributed by atoms with E-state index in [2.05, 4.69) is 4.98 Å². The summed E-state index contributed by atoms with van der Waals surface area (Å²) in [6.07, 6.45) is 2.75. The van der Waals surface area contributed by atoms with Crippen LogP contribution in [0, 0.1) is 17.6 Å². The number of rotatable bonds is 5. The van der Waals surface area contributed by atoms with Crippen LogP contribution in [0.1, 0.15) is 40.5 Å². The highest BCUT2D eigenvalue weighted by atomic mass is 35.5. The molecule has 1 saturated heterocycles. The molecule has 0 spiro atoms. The zero-order valence-electron chi connectivity index (χ0n) is 18.5. The number of amides is 1. The molecule has 174 valence electrons. The van der Waals surface area contributed by atoms with Gasteiger partial charge >= 0.3 is 6.09 Å². The summed E-state index contributed by atoms with van der Waals surface area (Å²) in [5.41, 5.74) is -0.575. The van der Waals surface area contributed by atoms with Crippen molar-refractivity contribution in [2.24, 2.45) is 5.92 Å². The second kappa shape index (κ2) is 9.90. The molecule has 1 fully saturated rings. The van der Waals surface area contributed by atoms with Crippen LogP contribution in [0.4, 0.5) is 13.6 Å². The average Bonchev–Trinajstić information content (AvgIpc) is 2.69. The third-order valence-corrected chi connectivity index (χ3v) is 5.20. The lowest BCUT2D eigenvalue weighted by Gasteiger charge is -2.38. The van der Waals surface area contributed by atoms with E-state index in [0.29, 0.717) is 6.54 Å². The summed E-state index contributed by atoms with van der Waals surface area (Å²) in [6.45, 7) is 8.24. The highest BCUT2D eigenvalue weighted by Gasteiger charge is 2.32. The number of benzene rings is 1. The van der Waals surface area contributed by atoms with Crippen molar-refractivity contribution in [3.8, 4) is 17.4 Å². The number of ether oxygens (including phenoxy) is 3. The van der Waals surface area contributed by atoms with Gasteiger partial charge in [-0.2, -0.15) is 0 Å². The zero-order valence-corrected chi connectivity index (χ0v) is 19.3. The molecule has 1 aliphatic heterocycles. The molecule has 1 unspecified atom stereocenters. The van der Waals surface area contributed by atoms with Crippen molar-refractivity contribution in [1.82, 2.24) is 9.88 Å². The largest absolute Gasteiger partial charge is 0.488 e. The van der Waals surface area contributed by atoms with E-state index in [9.17, 15) is 13.6 Å². The highest BCUT2D eigenvalue weighted by molar-refractivity contribution is 6.30. The molecule has 3 rings (SSSR count). The molecule has 0 saturated carbocycles. The van der Waals surface area contributed by atoms with Crippen LogP contribution in [-0.2, 0) is 4.74 Å². The molecule has 0 aliphatic carbocycles. The van der Waals surface area contributed by atoms with Gasteiger partial charge in [0.25, 0.3) is 5.88 Å². The molecule has 0 N–H and O–H groups in total. The number of hydrogen-bond acceptors (Lipinski definition) is 5. The Morgan fingerprint density at radius 2 is 1.94 bits per heavy atom. The molecule has 9 heteroatoms. The summed E-state index contributed by atoms with van der Waals surface area (Å²) in [7, 11) is 0. The van der Waals surface area contributed by atoms with Crippen LogP contribution < -0.4 is 9.47 Å². The molecule has 2 atom stereocenters. The van der Waals surface area contributed by atoms with Crippen LogP contribution in [0.2, 0.25) is 5.02 Å². The smallest absolute Gasteiger partial charge is 0.410 e. The number of halogens is 3. The van der Waals surface area contributed by atoms with E-state index in [4.69, 9.17) is 25.8 Å². The lowest BCUT2D eigenvalue weighted by molar-refractivity contribution is 0.00198. The molecule has 2 aromatic rings. The molecule has 1 aliphatic rings. The van der Waals surface area contributed by atoms with Crippen molar-refractivity contribution in [1.29, 1.82) is 0 Å². The number of piperidine rings is 1. The van der Waals surface area contributed by atoms with E-state index in [1.165, 1.54) is 6.20 Å². The van der Waals surface area contributed by atoms with Crippen LogP contribution in [0.25, 0.3) is 0 Å². The minimum atomic E-state index is -0.944. The van der Waals surface area contributed by atoms with Gasteiger partial charge in [0.05, 0.1) is 6.61 Å². The van der Waals surface area contributed by atoms with Crippen LogP contribution >= 0.6 is 11.6 Å². The van der Waals surface area contributed by atoms with Crippen LogP contribution in [0.15, 0.2) is 30.5 Å². The van der Waals surface area contributed by atoms with Gasteiger partial charge in [-0.3, -0.25) is 0 Å². The summed E-state index contributed by atoms with van der Waals surface area (Å²) in [5, 5.41) is -0.0779. The maximum Gasteiger partial charge on any atom is 0.410 e. The Labute approximate surface area is 191 Å². The molecular formula is C23H27ClF2N2O4. The Morgan fingerprint density at radius 3 is 2.59 bits per heavy atom. The molecule has 32 heavy (non-hydrogen) atoms. The number of hydrogen-bond donors (Lipinski definition) is 0. The maximum atomic E-state index is 14.1. The Kier molecular flexibility index (Phi) is 7.44. The first-order chi connectivity index (χ1) is 15.0. The van der Waals surface area contributed by atoms with E-state index in [1.54, 1.807) is 17.0 Å². The number of nitrogens with zero attached hydrogens (tertiary/aromatic N) is 2. The SMILES string of the molecule is C[C@H]1CCC(COc2cccnc2Oc2c(F)cc(Cl)cc2F)CN1C(=O)OC(C)(C)C. The van der Waals surface area contributed by atoms with Gasteiger partial charge in [-0.05, 0) is 64.8 Å². The third-order valence-electron chi connectivity index (χ3n) is 4.98. The third kappa shape index (κ3) is 6.22. The first-order valence-electron chi connectivity index (χ1n) is 10.4. The van der Waals surface area contributed by atoms with Crippen LogP contribution in [0.5, 0.6) is 17.4 Å². The van der Waals surface area contributed by atoms with E-state index in [1.807, 2.05) is 27.7 Å². The standard InChI is InChI=1S/C23H27ClF2N2O4/c1-14-7-8-15(12-28(14)22(29)32-23(2,3)4)13-30-19-6-5-9-27-21(19)31-20-17(25)10-16(24)11-18(20)26/h5-6,9-11,14-15H,7-8,12-13H2,1-4H3/t14-,15?/m0/s1. The van der Waals surface area contributed by atoms with Crippen molar-refractivity contribution >= 4 is 17.7 Å². The lowest BCUT2D eigenvalue weighted by atomic mass is 9.94. The van der Waals surface area contributed by atoms with Crippen molar-refractivity contribution in [3.05, 3.63) is 47.1 Å². The molecule has 0 bridgehead atoms. The first kappa shape index (κ1) is 24.0. The summed E-state index contributed by atoms with van der Waals surface area (Å²) >= 11 is 5.66. The fraction of sp³-hybridized carbons (Fsp3) is 0.478. The number of likely N-dealkylation sites (tertiary alicyclic amines) is 1. The second-order valence-corrected chi connectivity index (χ2v) is 9.28. The molecular weight excluding hydrogens is 442 g/mol. The average molecular weight is 469 g/mol. The summed E-state index contributed by atoms with van der Waals surface area (Å²) in [6, 6.07) is 5.21. The summed E-state index contributed by atoms with van der Waals surface area (Å²) in [5.74, 6) is -2.28. The fourth-order valence-electron chi connectivity index (χ4n) is 3.39. The Morgan fingerprint density at radius 1 is 1.25 bits per heavy atom. The molecule has 1 amide bonds. The fourth-order valence-corrected chi connectivity index (χ4v) is 3.58. The predicted molar refractivity (Wildman–Crippen MR) is 116 cm³/mol. The number of carbonyl (C=O) groups excluding carboxylic acids is 1. The Bertz CT molecular complexity index is 944. The minimum Gasteiger partial charge on any atom is -0.488 e. The maximum absolute atomic E-state index is 14.1. The zero-order chi connectivity index (χ0) is 23.5. The van der Waals surface area contributed by atoms with Gasteiger partial charge in [0.15, 0.2) is 17.4 Å². The van der Waals surface area contributed by atoms with Gasteiger partial charge in [-0.1, -0.05) is 11.6 Å². The summed E-state index contributed by atoms with van der Waals surface area (Å²) < 4.78 is 45.0. The normalized spacial score (nSPS) is 18.9. The van der Waals surface area contributed by atoms with Crippen LogP contribution in [-0.4, -0.2) is 40.8 Å². The topological polar surface area (TPSA) is 60.9 Å². The van der Waals surface area contributed by atoms with E-state index < -0.39 is 23.0 Å². The summed E-state index contributed by atoms with van der Waals surface area (Å²) in [4.78, 5) is 18.3. The van der Waals surface area contributed by atoms with Gasteiger partial charge < -0.3 is 19.1 Å². The number of aromatic nitrogens is 1. The van der Waals surface area contributed by atoms with Gasteiger partial charge in [-0.15, -0.1) is 0 Å². The first-order valence-corrected chi connectivity index (χ1v) is 10.8. The van der Waals surface area contributed by atoms with Crippen molar-refractivity contribution in [2.45, 2.75) is 52.2 Å². The van der Waals surface area contributed by atoms with Crippen molar-refractivity contribution < 1.29 is 27.8 Å². The molecule has 1 aromatic heterocycles. The lowest BCUT2D eigenvalue weighted by Crippen LogP contribution is -2.48. The molecule has 6 nitrogen and oxygen atoms in total. The number of carbonyl (C=O) groups is 1. The molecule has 2 heterocycles. The predicted octanol–water partition coefficient (Wildman–Crippen LogP) is 6.22. The minimum absolute atomic E-state index is 0.0516. The molecule has 1 aromatic carbocycles. The Balaban J connectivity index is 1.67. The second-order valence-electron chi connectivity index (χ2n) is 8.84. The van der Waals surface area contributed by atoms with Crippen molar-refractivity contribution in [3.63, 3.8) is 0 Å². The van der Waals surface area contributed by atoms with E-state index >= 15 is 0 Å². The number of pyridine rings is 1. The highest BCUT2D eigenvalue weighted by Crippen LogP contribution is 2.34. The van der Waals surface area contributed by atoms with E-state index in [-0.39, 0.29) is 41.3 Å². The van der Waals surface area contributed by atoms with Gasteiger partial charge in [0.2, 0.25) is 5.75 Å². The van der Waals surface area contributed by atoms with Gasteiger partial charge in [0.1, 0.15) is 5.60 Å². The quantitative estimate of drug-likeness (QED) is 0.521. The van der Waals surface area contributed by atoms with Crippen molar-refractivity contribution in [2.75, 3.05) is 13.2 Å². The van der Waals surface area contributed by atoms with E-state index in [0.717, 1.165) is 25.0 Å². The Hall–Kier alpha value is -2.61. The molecule has 0 radical (unpaired) electrons. The van der Waals surface area contributed by atoms with Crippen LogP contribution in [0.3, 0.4) is 0 Å². The van der Waals surface area contributed by atoms with Gasteiger partial charge in [0, 0.05) is 29.7 Å². The van der Waals surface area contributed by atoms with Gasteiger partial charge in [-0.25, -0.2) is 18.6 Å².